The van der Waals surface area contributed by atoms with Gasteiger partial charge in [0.05, 0.1) is 10.6 Å². The molecule has 1 atom stereocenters. The molecule has 3 rings (SSSR count). The first-order valence-electron chi connectivity index (χ1n) is 12.9. The van der Waals surface area contributed by atoms with Gasteiger partial charge in [-0.15, -0.1) is 0 Å². The van der Waals surface area contributed by atoms with Crippen LogP contribution in [0, 0.1) is 25.6 Å². The maximum absolute atomic E-state index is 13.9. The first kappa shape index (κ1) is 29.8. The first-order chi connectivity index (χ1) is 18.4. The van der Waals surface area contributed by atoms with Gasteiger partial charge < -0.3 is 10.2 Å². The number of carbonyl (C=O) groups is 2. The summed E-state index contributed by atoms with van der Waals surface area (Å²) in [7, 11) is -4.13. The zero-order valence-corrected chi connectivity index (χ0v) is 23.8. The molecule has 0 spiro atoms. The molecule has 0 unspecified atom stereocenters. The van der Waals surface area contributed by atoms with Crippen LogP contribution in [0.3, 0.4) is 0 Å². The molecule has 3 aromatic rings. The third kappa shape index (κ3) is 7.44. The Labute approximate surface area is 230 Å². The van der Waals surface area contributed by atoms with E-state index in [1.807, 2.05) is 26.8 Å². The van der Waals surface area contributed by atoms with Crippen LogP contribution in [0.15, 0.2) is 77.7 Å². The lowest BCUT2D eigenvalue weighted by atomic mass is 10.1. The Hall–Kier alpha value is -3.72. The van der Waals surface area contributed by atoms with E-state index < -0.39 is 34.3 Å². The molecule has 0 aliphatic heterocycles. The van der Waals surface area contributed by atoms with Gasteiger partial charge in [-0.2, -0.15) is 0 Å². The van der Waals surface area contributed by atoms with E-state index in [-0.39, 0.29) is 23.3 Å². The highest BCUT2D eigenvalue weighted by Crippen LogP contribution is 2.29. The smallest absolute Gasteiger partial charge is 0.264 e. The molecule has 1 N–H and O–H groups in total. The second-order valence-electron chi connectivity index (χ2n) is 10.0. The number of nitrogens with one attached hydrogen (secondary N) is 1. The maximum Gasteiger partial charge on any atom is 0.264 e. The van der Waals surface area contributed by atoms with Crippen molar-refractivity contribution >= 4 is 27.5 Å². The summed E-state index contributed by atoms with van der Waals surface area (Å²) in [5.41, 5.74) is 2.58. The SMILES string of the molecule is Cc1cccc(N(CC(=O)N(Cc2ccc(F)cc2)[C@@H](C)C(=O)NCC(C)C)S(=O)(=O)c2ccccc2)c1C. The fraction of sp³-hybridized carbons (Fsp3) is 0.333. The quantitative estimate of drug-likeness (QED) is 0.369. The van der Waals surface area contributed by atoms with Crippen LogP contribution in [0.2, 0.25) is 0 Å². The number of sulfonamides is 1. The van der Waals surface area contributed by atoms with Crippen molar-refractivity contribution in [3.63, 3.8) is 0 Å². The van der Waals surface area contributed by atoms with Crippen LogP contribution in [0.1, 0.15) is 37.5 Å². The van der Waals surface area contributed by atoms with Crippen molar-refractivity contribution < 1.29 is 22.4 Å². The summed E-state index contributed by atoms with van der Waals surface area (Å²) in [4.78, 5) is 28.3. The molecule has 7 nitrogen and oxygen atoms in total. The molecule has 39 heavy (non-hydrogen) atoms. The lowest BCUT2D eigenvalue weighted by molar-refractivity contribution is -0.139. The molecule has 0 aliphatic carbocycles. The van der Waals surface area contributed by atoms with Crippen LogP contribution in [-0.2, 0) is 26.2 Å². The van der Waals surface area contributed by atoms with E-state index in [0.717, 1.165) is 15.4 Å². The average Bonchev–Trinajstić information content (AvgIpc) is 2.91. The number of amides is 2. The molecular weight excluding hydrogens is 517 g/mol. The largest absolute Gasteiger partial charge is 0.354 e. The number of nitrogens with zero attached hydrogens (tertiary/aromatic N) is 2. The monoisotopic (exact) mass is 553 g/mol. The van der Waals surface area contributed by atoms with Crippen LogP contribution in [-0.4, -0.2) is 44.3 Å². The summed E-state index contributed by atoms with van der Waals surface area (Å²) in [6.07, 6.45) is 0. The maximum atomic E-state index is 13.9. The minimum absolute atomic E-state index is 0.00139. The van der Waals surface area contributed by atoms with Gasteiger partial charge in [-0.25, -0.2) is 12.8 Å². The van der Waals surface area contributed by atoms with Crippen LogP contribution >= 0.6 is 0 Å². The highest BCUT2D eigenvalue weighted by molar-refractivity contribution is 7.92. The lowest BCUT2D eigenvalue weighted by Crippen LogP contribution is -2.51. The Morgan fingerprint density at radius 3 is 2.15 bits per heavy atom. The number of anilines is 1. The van der Waals surface area contributed by atoms with Crippen molar-refractivity contribution in [2.24, 2.45) is 5.92 Å². The average molecular weight is 554 g/mol. The molecule has 2 amide bonds. The van der Waals surface area contributed by atoms with Gasteiger partial charge >= 0.3 is 0 Å². The number of rotatable bonds is 11. The summed E-state index contributed by atoms with van der Waals surface area (Å²) in [5.74, 6) is -1.14. The number of hydrogen-bond donors (Lipinski definition) is 1. The second kappa shape index (κ2) is 12.9. The normalized spacial score (nSPS) is 12.2. The Morgan fingerprint density at radius 2 is 1.54 bits per heavy atom. The van der Waals surface area contributed by atoms with Gasteiger partial charge in [0.1, 0.15) is 18.4 Å². The van der Waals surface area contributed by atoms with Gasteiger partial charge in [-0.1, -0.05) is 56.3 Å². The van der Waals surface area contributed by atoms with Gasteiger partial charge in [-0.3, -0.25) is 13.9 Å². The topological polar surface area (TPSA) is 86.8 Å². The minimum Gasteiger partial charge on any atom is -0.354 e. The van der Waals surface area contributed by atoms with Crippen molar-refractivity contribution in [3.05, 3.63) is 95.3 Å². The molecule has 208 valence electrons. The van der Waals surface area contributed by atoms with E-state index >= 15 is 0 Å². The Morgan fingerprint density at radius 1 is 0.897 bits per heavy atom. The van der Waals surface area contributed by atoms with E-state index in [4.69, 9.17) is 0 Å². The molecular formula is C30H36FN3O4S. The van der Waals surface area contributed by atoms with Crippen molar-refractivity contribution in [1.29, 1.82) is 0 Å². The van der Waals surface area contributed by atoms with E-state index in [9.17, 15) is 22.4 Å². The predicted octanol–water partition coefficient (Wildman–Crippen LogP) is 4.83. The fourth-order valence-electron chi connectivity index (χ4n) is 4.06. The van der Waals surface area contributed by atoms with Crippen LogP contribution < -0.4 is 9.62 Å². The standard InChI is InChI=1S/C30H36FN3O4S/c1-21(2)18-32-30(36)24(5)33(19-25-14-16-26(31)17-15-25)29(35)20-34(28-13-9-10-22(3)23(28)4)39(37,38)27-11-7-6-8-12-27/h6-17,21,24H,18-20H2,1-5H3,(H,32,36)/t24-/m0/s1. The molecule has 0 radical (unpaired) electrons. The van der Waals surface area contributed by atoms with Crippen LogP contribution in [0.5, 0.6) is 0 Å². The molecule has 0 saturated carbocycles. The number of benzene rings is 3. The van der Waals surface area contributed by atoms with Crippen LogP contribution in [0.4, 0.5) is 10.1 Å². The van der Waals surface area contributed by atoms with Gasteiger partial charge in [-0.05, 0) is 73.7 Å². The van der Waals surface area contributed by atoms with Gasteiger partial charge in [0.25, 0.3) is 10.0 Å². The number of halogens is 1. The zero-order chi connectivity index (χ0) is 28.7. The Balaban J connectivity index is 2.04. The minimum atomic E-state index is -4.13. The van der Waals surface area contributed by atoms with Gasteiger partial charge in [0.2, 0.25) is 11.8 Å². The molecule has 0 aliphatic rings. The van der Waals surface area contributed by atoms with E-state index in [0.29, 0.717) is 17.8 Å². The summed E-state index contributed by atoms with van der Waals surface area (Å²) in [6.45, 7) is 9.11. The third-order valence-corrected chi connectivity index (χ3v) is 8.35. The number of aryl methyl sites for hydroxylation is 1. The molecule has 9 heteroatoms. The van der Waals surface area contributed by atoms with E-state index in [1.165, 1.54) is 41.3 Å². The second-order valence-corrected chi connectivity index (χ2v) is 11.9. The highest BCUT2D eigenvalue weighted by atomic mass is 32.2. The van der Waals surface area contributed by atoms with Crippen LogP contribution in [0.25, 0.3) is 0 Å². The molecule has 0 bridgehead atoms. The molecule has 0 aromatic heterocycles. The summed E-state index contributed by atoms with van der Waals surface area (Å²) in [5, 5.41) is 2.85. The van der Waals surface area contributed by atoms with E-state index in [1.54, 1.807) is 44.2 Å². The fourth-order valence-corrected chi connectivity index (χ4v) is 5.55. The van der Waals surface area contributed by atoms with Gasteiger partial charge in [0, 0.05) is 13.1 Å². The number of carbonyl (C=O) groups excluding carboxylic acids is 2. The van der Waals surface area contributed by atoms with Crippen molar-refractivity contribution in [2.75, 3.05) is 17.4 Å². The third-order valence-electron chi connectivity index (χ3n) is 6.57. The summed E-state index contributed by atoms with van der Waals surface area (Å²) >= 11 is 0. The molecule has 0 saturated heterocycles. The molecule has 0 heterocycles. The Bertz CT molecular complexity index is 1390. The number of hydrogen-bond acceptors (Lipinski definition) is 4. The first-order valence-corrected chi connectivity index (χ1v) is 14.3. The van der Waals surface area contributed by atoms with Gasteiger partial charge in [0.15, 0.2) is 0 Å². The lowest BCUT2D eigenvalue weighted by Gasteiger charge is -2.32. The Kier molecular flexibility index (Phi) is 9.86. The summed E-state index contributed by atoms with van der Waals surface area (Å²) < 4.78 is 42.4. The van der Waals surface area contributed by atoms with E-state index in [2.05, 4.69) is 5.32 Å². The molecule has 3 aromatic carbocycles. The van der Waals surface area contributed by atoms with Crippen molar-refractivity contribution in [3.8, 4) is 0 Å². The molecule has 0 fully saturated rings. The summed E-state index contributed by atoms with van der Waals surface area (Å²) in [6, 6.07) is 17.9. The highest BCUT2D eigenvalue weighted by Gasteiger charge is 2.33. The van der Waals surface area contributed by atoms with Crippen molar-refractivity contribution in [1.82, 2.24) is 10.2 Å². The predicted molar refractivity (Wildman–Crippen MR) is 151 cm³/mol. The zero-order valence-electron chi connectivity index (χ0n) is 23.0. The van der Waals surface area contributed by atoms with Crippen molar-refractivity contribution in [2.45, 2.75) is 52.1 Å².